The highest BCUT2D eigenvalue weighted by atomic mass is 16.7. The van der Waals surface area contributed by atoms with E-state index in [0.717, 1.165) is 51.4 Å². The van der Waals surface area contributed by atoms with E-state index in [1.807, 2.05) is 13.8 Å². The first-order valence-corrected chi connectivity index (χ1v) is 7.66. The third kappa shape index (κ3) is 6.70. The molecule has 2 atom stereocenters. The van der Waals surface area contributed by atoms with Crippen LogP contribution in [0.4, 0.5) is 0 Å². The zero-order chi connectivity index (χ0) is 14.1. The zero-order valence-corrected chi connectivity index (χ0v) is 12.4. The molecular weight excluding hydrogens is 244 g/mol. The molecule has 2 N–H and O–H groups in total. The van der Waals surface area contributed by atoms with Crippen molar-refractivity contribution in [2.75, 3.05) is 13.2 Å². The Kier molecular flexibility index (Phi) is 7.91. The Morgan fingerprint density at radius 2 is 1.16 bits per heavy atom. The maximum absolute atomic E-state index is 8.78. The van der Waals surface area contributed by atoms with Gasteiger partial charge < -0.3 is 19.7 Å². The molecule has 0 aromatic rings. The van der Waals surface area contributed by atoms with Crippen molar-refractivity contribution in [2.24, 2.45) is 0 Å². The predicted molar refractivity (Wildman–Crippen MR) is 74.9 cm³/mol. The van der Waals surface area contributed by atoms with Crippen molar-refractivity contribution in [2.45, 2.75) is 83.2 Å². The summed E-state index contributed by atoms with van der Waals surface area (Å²) in [6.45, 7) is 4.50. The lowest BCUT2D eigenvalue weighted by molar-refractivity contribution is -0.147. The van der Waals surface area contributed by atoms with Crippen LogP contribution in [0.25, 0.3) is 0 Å². The molecule has 1 saturated heterocycles. The van der Waals surface area contributed by atoms with Gasteiger partial charge in [0.25, 0.3) is 0 Å². The number of hydrogen-bond donors (Lipinski definition) is 2. The molecule has 114 valence electrons. The Bertz CT molecular complexity index is 208. The summed E-state index contributed by atoms with van der Waals surface area (Å²) in [4.78, 5) is 0. The van der Waals surface area contributed by atoms with E-state index in [9.17, 15) is 0 Å². The van der Waals surface area contributed by atoms with Crippen LogP contribution in [0.3, 0.4) is 0 Å². The Hall–Kier alpha value is -0.160. The van der Waals surface area contributed by atoms with E-state index in [1.165, 1.54) is 0 Å². The van der Waals surface area contributed by atoms with E-state index < -0.39 is 5.79 Å². The first-order chi connectivity index (χ1) is 9.09. The molecular formula is C15H30O4. The first kappa shape index (κ1) is 16.9. The summed E-state index contributed by atoms with van der Waals surface area (Å²) < 4.78 is 11.9. The minimum atomic E-state index is -0.469. The maximum Gasteiger partial charge on any atom is 0.163 e. The zero-order valence-electron chi connectivity index (χ0n) is 12.4. The lowest BCUT2D eigenvalue weighted by Crippen LogP contribution is -2.22. The van der Waals surface area contributed by atoms with Gasteiger partial charge in [-0.2, -0.15) is 0 Å². The topological polar surface area (TPSA) is 58.9 Å². The van der Waals surface area contributed by atoms with Crippen molar-refractivity contribution in [1.29, 1.82) is 0 Å². The standard InChI is InChI=1S/C15H30O4/c1-15(2)18-13(9-5-3-7-11-16)14(19-15)10-6-4-8-12-17/h13-14,16-17H,3-12H2,1-2H3/t13-,14-/m0/s1. The normalized spacial score (nSPS) is 25.9. The molecule has 0 aromatic heterocycles. The van der Waals surface area contributed by atoms with E-state index in [2.05, 4.69) is 0 Å². The van der Waals surface area contributed by atoms with Gasteiger partial charge in [-0.3, -0.25) is 0 Å². The van der Waals surface area contributed by atoms with E-state index in [0.29, 0.717) is 0 Å². The van der Waals surface area contributed by atoms with Gasteiger partial charge in [-0.05, 0) is 39.5 Å². The summed E-state index contributed by atoms with van der Waals surface area (Å²) in [6.07, 6.45) is 8.39. The molecule has 1 aliphatic rings. The lowest BCUT2D eigenvalue weighted by Gasteiger charge is -2.16. The van der Waals surface area contributed by atoms with Crippen LogP contribution in [0.15, 0.2) is 0 Å². The first-order valence-electron chi connectivity index (χ1n) is 7.66. The molecule has 0 amide bonds. The Morgan fingerprint density at radius 1 is 0.737 bits per heavy atom. The average Bonchev–Trinajstić information content (AvgIpc) is 2.65. The van der Waals surface area contributed by atoms with Gasteiger partial charge in [0.05, 0.1) is 12.2 Å². The molecule has 19 heavy (non-hydrogen) atoms. The van der Waals surface area contributed by atoms with Crippen LogP contribution < -0.4 is 0 Å². The molecule has 0 unspecified atom stereocenters. The fourth-order valence-corrected chi connectivity index (χ4v) is 2.67. The maximum atomic E-state index is 8.78. The Balaban J connectivity index is 2.28. The third-order valence-electron chi connectivity index (χ3n) is 3.58. The molecule has 4 heteroatoms. The highest BCUT2D eigenvalue weighted by Gasteiger charge is 2.40. The molecule has 0 spiro atoms. The SMILES string of the molecule is CC1(C)O[C@@H](CCCCCO)[C@H](CCCCCO)O1. The van der Waals surface area contributed by atoms with Crippen LogP contribution >= 0.6 is 0 Å². The number of hydrogen-bond acceptors (Lipinski definition) is 4. The highest BCUT2D eigenvalue weighted by molar-refractivity contribution is 4.81. The summed E-state index contributed by atoms with van der Waals surface area (Å²) >= 11 is 0. The minimum absolute atomic E-state index is 0.183. The number of aliphatic hydroxyl groups excluding tert-OH is 2. The van der Waals surface area contributed by atoms with Crippen LogP contribution in [-0.2, 0) is 9.47 Å². The average molecular weight is 274 g/mol. The summed E-state index contributed by atoms with van der Waals surface area (Å²) in [5.74, 6) is -0.469. The molecule has 0 saturated carbocycles. The molecule has 1 fully saturated rings. The van der Waals surface area contributed by atoms with E-state index >= 15 is 0 Å². The molecule has 0 bridgehead atoms. The van der Waals surface area contributed by atoms with E-state index in [-0.39, 0.29) is 25.4 Å². The molecule has 1 heterocycles. The van der Waals surface area contributed by atoms with Gasteiger partial charge >= 0.3 is 0 Å². The summed E-state index contributed by atoms with van der Waals surface area (Å²) in [5, 5.41) is 17.6. The second kappa shape index (κ2) is 8.90. The van der Waals surface area contributed by atoms with Crippen LogP contribution in [0, 0.1) is 0 Å². The van der Waals surface area contributed by atoms with Crippen LogP contribution in [0.1, 0.15) is 65.2 Å². The van der Waals surface area contributed by atoms with Gasteiger partial charge in [0.2, 0.25) is 0 Å². The van der Waals surface area contributed by atoms with E-state index in [1.54, 1.807) is 0 Å². The van der Waals surface area contributed by atoms with Crippen LogP contribution in [0.5, 0.6) is 0 Å². The lowest BCUT2D eigenvalue weighted by atomic mass is 10.0. The summed E-state index contributed by atoms with van der Waals surface area (Å²) in [5.41, 5.74) is 0. The Labute approximate surface area is 117 Å². The van der Waals surface area contributed by atoms with Gasteiger partial charge in [0.15, 0.2) is 5.79 Å². The second-order valence-electron chi connectivity index (χ2n) is 5.86. The van der Waals surface area contributed by atoms with Gasteiger partial charge in [-0.15, -0.1) is 0 Å². The number of aliphatic hydroxyl groups is 2. The molecule has 0 aromatic carbocycles. The summed E-state index contributed by atoms with van der Waals surface area (Å²) in [7, 11) is 0. The number of rotatable bonds is 10. The predicted octanol–water partition coefficient (Wildman–Crippen LogP) is 2.61. The summed E-state index contributed by atoms with van der Waals surface area (Å²) in [6, 6.07) is 0. The second-order valence-corrected chi connectivity index (χ2v) is 5.86. The fourth-order valence-electron chi connectivity index (χ4n) is 2.67. The van der Waals surface area contributed by atoms with Crippen molar-refractivity contribution in [3.05, 3.63) is 0 Å². The third-order valence-corrected chi connectivity index (χ3v) is 3.58. The van der Waals surface area contributed by atoms with Gasteiger partial charge in [-0.1, -0.05) is 25.7 Å². The van der Waals surface area contributed by atoms with Crippen molar-refractivity contribution >= 4 is 0 Å². The molecule has 1 aliphatic heterocycles. The van der Waals surface area contributed by atoms with Crippen molar-refractivity contribution < 1.29 is 19.7 Å². The van der Waals surface area contributed by atoms with Gasteiger partial charge in [0, 0.05) is 13.2 Å². The van der Waals surface area contributed by atoms with Gasteiger partial charge in [-0.25, -0.2) is 0 Å². The fraction of sp³-hybridized carbons (Fsp3) is 1.00. The van der Waals surface area contributed by atoms with Crippen LogP contribution in [-0.4, -0.2) is 41.4 Å². The smallest absolute Gasteiger partial charge is 0.163 e. The van der Waals surface area contributed by atoms with Crippen molar-refractivity contribution in [1.82, 2.24) is 0 Å². The molecule has 4 nitrogen and oxygen atoms in total. The largest absolute Gasteiger partial charge is 0.396 e. The monoisotopic (exact) mass is 274 g/mol. The van der Waals surface area contributed by atoms with Crippen molar-refractivity contribution in [3.63, 3.8) is 0 Å². The molecule has 0 radical (unpaired) electrons. The minimum Gasteiger partial charge on any atom is -0.396 e. The van der Waals surface area contributed by atoms with Crippen molar-refractivity contribution in [3.8, 4) is 0 Å². The highest BCUT2D eigenvalue weighted by Crippen LogP contribution is 2.33. The number of ether oxygens (including phenoxy) is 2. The molecule has 1 rings (SSSR count). The number of unbranched alkanes of at least 4 members (excludes halogenated alkanes) is 4. The quantitative estimate of drug-likeness (QED) is 0.601. The van der Waals surface area contributed by atoms with Crippen LogP contribution in [0.2, 0.25) is 0 Å². The molecule has 0 aliphatic carbocycles. The van der Waals surface area contributed by atoms with E-state index in [4.69, 9.17) is 19.7 Å². The van der Waals surface area contributed by atoms with Gasteiger partial charge in [0.1, 0.15) is 0 Å². The Morgan fingerprint density at radius 3 is 1.53 bits per heavy atom.